The second-order valence-corrected chi connectivity index (χ2v) is 3.86. The van der Waals surface area contributed by atoms with Gasteiger partial charge in [0.2, 0.25) is 5.91 Å². The van der Waals surface area contributed by atoms with Crippen molar-refractivity contribution < 1.29 is 9.53 Å². The van der Waals surface area contributed by atoms with E-state index in [2.05, 4.69) is 0 Å². The first-order valence-corrected chi connectivity index (χ1v) is 5.86. The number of unbranched alkanes of at least 4 members (excludes halogenated alkanes) is 2. The van der Waals surface area contributed by atoms with E-state index in [0.29, 0.717) is 18.1 Å². The van der Waals surface area contributed by atoms with Crippen molar-refractivity contribution in [3.05, 3.63) is 29.8 Å². The molecule has 3 nitrogen and oxygen atoms in total. The minimum Gasteiger partial charge on any atom is -0.494 e. The molecule has 0 fully saturated rings. The monoisotopic (exact) mass is 241 g/mol. The van der Waals surface area contributed by atoms with Crippen molar-refractivity contribution in [3.63, 3.8) is 0 Å². The Morgan fingerprint density at radius 1 is 1.19 bits per heavy atom. The Hall–Kier alpha value is -1.22. The number of hydrogen-bond acceptors (Lipinski definition) is 2. The molecule has 16 heavy (non-hydrogen) atoms. The van der Waals surface area contributed by atoms with Crippen LogP contribution < -0.4 is 10.5 Å². The van der Waals surface area contributed by atoms with Crippen LogP contribution in [-0.4, -0.2) is 18.4 Å². The summed E-state index contributed by atoms with van der Waals surface area (Å²) in [6, 6.07) is 6.83. The molecule has 1 aromatic carbocycles. The second-order valence-electron chi connectivity index (χ2n) is 3.49. The van der Waals surface area contributed by atoms with Crippen LogP contribution in [0.15, 0.2) is 24.3 Å². The highest BCUT2D eigenvalue weighted by Crippen LogP contribution is 2.12. The summed E-state index contributed by atoms with van der Waals surface area (Å²) in [5.41, 5.74) is 5.62. The molecule has 2 N–H and O–H groups in total. The van der Waals surface area contributed by atoms with Crippen molar-refractivity contribution in [2.24, 2.45) is 5.73 Å². The molecular formula is C12H16ClNO2. The standard InChI is InChI=1S/C12H16ClNO2/c13-8-2-1-3-9-16-11-6-4-10(5-7-11)12(14)15/h4-7H,1-3,8-9H2,(H2,14,15). The van der Waals surface area contributed by atoms with E-state index in [1.54, 1.807) is 24.3 Å². The van der Waals surface area contributed by atoms with Crippen molar-refractivity contribution in [2.75, 3.05) is 12.5 Å². The minimum atomic E-state index is -0.423. The molecule has 0 aliphatic rings. The second kappa shape index (κ2) is 7.12. The fourth-order valence-corrected chi connectivity index (χ4v) is 1.47. The van der Waals surface area contributed by atoms with Gasteiger partial charge in [0.25, 0.3) is 0 Å². The van der Waals surface area contributed by atoms with Crippen LogP contribution in [0.4, 0.5) is 0 Å². The molecule has 88 valence electrons. The Morgan fingerprint density at radius 2 is 1.88 bits per heavy atom. The van der Waals surface area contributed by atoms with Crippen LogP contribution in [0.25, 0.3) is 0 Å². The van der Waals surface area contributed by atoms with Crippen LogP contribution in [0.3, 0.4) is 0 Å². The summed E-state index contributed by atoms with van der Waals surface area (Å²) in [7, 11) is 0. The fourth-order valence-electron chi connectivity index (χ4n) is 1.28. The largest absolute Gasteiger partial charge is 0.494 e. The van der Waals surface area contributed by atoms with Gasteiger partial charge in [-0.1, -0.05) is 0 Å². The normalized spacial score (nSPS) is 10.1. The van der Waals surface area contributed by atoms with Gasteiger partial charge in [-0.3, -0.25) is 4.79 Å². The van der Waals surface area contributed by atoms with Gasteiger partial charge < -0.3 is 10.5 Å². The van der Waals surface area contributed by atoms with E-state index in [-0.39, 0.29) is 0 Å². The molecule has 4 heteroatoms. The molecule has 0 saturated heterocycles. The number of benzene rings is 1. The number of rotatable bonds is 7. The maximum absolute atomic E-state index is 10.8. The van der Waals surface area contributed by atoms with E-state index in [0.717, 1.165) is 25.0 Å². The van der Waals surface area contributed by atoms with Gasteiger partial charge in [0.15, 0.2) is 0 Å². The highest BCUT2D eigenvalue weighted by Gasteiger charge is 1.99. The quantitative estimate of drug-likeness (QED) is 0.589. The summed E-state index contributed by atoms with van der Waals surface area (Å²) in [5.74, 6) is 1.04. The number of ether oxygens (including phenoxy) is 1. The molecule has 0 heterocycles. The highest BCUT2D eigenvalue weighted by atomic mass is 35.5. The maximum atomic E-state index is 10.8. The van der Waals surface area contributed by atoms with Gasteiger partial charge in [0.1, 0.15) is 5.75 Å². The van der Waals surface area contributed by atoms with Gasteiger partial charge in [-0.2, -0.15) is 0 Å². The van der Waals surface area contributed by atoms with E-state index in [1.807, 2.05) is 0 Å². The van der Waals surface area contributed by atoms with E-state index in [1.165, 1.54) is 0 Å². The first-order chi connectivity index (χ1) is 7.74. The summed E-state index contributed by atoms with van der Waals surface area (Å²) in [4.78, 5) is 10.8. The minimum absolute atomic E-state index is 0.423. The predicted molar refractivity (Wildman–Crippen MR) is 65.0 cm³/mol. The Bertz CT molecular complexity index is 324. The number of carbonyl (C=O) groups excluding carboxylic acids is 1. The average Bonchev–Trinajstić information content (AvgIpc) is 2.29. The zero-order valence-electron chi connectivity index (χ0n) is 9.12. The van der Waals surface area contributed by atoms with Crippen molar-refractivity contribution in [1.82, 2.24) is 0 Å². The molecule has 1 amide bonds. The molecule has 1 rings (SSSR count). The number of amides is 1. The summed E-state index contributed by atoms with van der Waals surface area (Å²) < 4.78 is 5.49. The predicted octanol–water partition coefficient (Wildman–Crippen LogP) is 2.57. The Balaban J connectivity index is 2.29. The van der Waals surface area contributed by atoms with Gasteiger partial charge >= 0.3 is 0 Å². The number of carbonyl (C=O) groups is 1. The summed E-state index contributed by atoms with van der Waals surface area (Å²) in [6.07, 6.45) is 3.08. The Kier molecular flexibility index (Phi) is 5.72. The number of hydrogen-bond donors (Lipinski definition) is 1. The van der Waals surface area contributed by atoms with Crippen LogP contribution in [0, 0.1) is 0 Å². The van der Waals surface area contributed by atoms with E-state index < -0.39 is 5.91 Å². The third kappa shape index (κ3) is 4.53. The summed E-state index contributed by atoms with van der Waals surface area (Å²) >= 11 is 5.56. The smallest absolute Gasteiger partial charge is 0.248 e. The molecule has 0 aliphatic heterocycles. The average molecular weight is 242 g/mol. The molecule has 0 radical (unpaired) electrons. The Labute approximate surface area is 101 Å². The summed E-state index contributed by atoms with van der Waals surface area (Å²) in [6.45, 7) is 0.673. The van der Waals surface area contributed by atoms with Gasteiger partial charge in [-0.15, -0.1) is 11.6 Å². The van der Waals surface area contributed by atoms with Crippen LogP contribution in [0.1, 0.15) is 29.6 Å². The maximum Gasteiger partial charge on any atom is 0.248 e. The van der Waals surface area contributed by atoms with Crippen LogP contribution in [0.2, 0.25) is 0 Å². The lowest BCUT2D eigenvalue weighted by Gasteiger charge is -2.05. The highest BCUT2D eigenvalue weighted by molar-refractivity contribution is 6.17. The zero-order chi connectivity index (χ0) is 11.8. The first kappa shape index (κ1) is 12.8. The number of nitrogens with two attached hydrogens (primary N) is 1. The molecule has 0 spiro atoms. The van der Waals surface area contributed by atoms with Crippen molar-refractivity contribution in [2.45, 2.75) is 19.3 Å². The molecule has 0 saturated carbocycles. The van der Waals surface area contributed by atoms with Crippen molar-refractivity contribution >= 4 is 17.5 Å². The SMILES string of the molecule is NC(=O)c1ccc(OCCCCCCl)cc1. The van der Waals surface area contributed by atoms with Crippen LogP contribution >= 0.6 is 11.6 Å². The molecule has 0 aromatic heterocycles. The third-order valence-electron chi connectivity index (χ3n) is 2.19. The number of alkyl halides is 1. The van der Waals surface area contributed by atoms with Crippen LogP contribution in [-0.2, 0) is 0 Å². The van der Waals surface area contributed by atoms with Gasteiger partial charge in [0.05, 0.1) is 6.61 Å². The lowest BCUT2D eigenvalue weighted by molar-refractivity contribution is 0.100. The van der Waals surface area contributed by atoms with E-state index >= 15 is 0 Å². The molecule has 1 aromatic rings. The lowest BCUT2D eigenvalue weighted by atomic mass is 10.2. The lowest BCUT2D eigenvalue weighted by Crippen LogP contribution is -2.10. The van der Waals surface area contributed by atoms with E-state index in [9.17, 15) is 4.79 Å². The number of primary amides is 1. The van der Waals surface area contributed by atoms with Gasteiger partial charge in [-0.05, 0) is 43.5 Å². The fraction of sp³-hybridized carbons (Fsp3) is 0.417. The van der Waals surface area contributed by atoms with Gasteiger partial charge in [-0.25, -0.2) is 0 Å². The molecule has 0 aliphatic carbocycles. The molecule has 0 unspecified atom stereocenters. The first-order valence-electron chi connectivity index (χ1n) is 5.32. The van der Waals surface area contributed by atoms with Crippen molar-refractivity contribution in [1.29, 1.82) is 0 Å². The molecule has 0 atom stereocenters. The zero-order valence-corrected chi connectivity index (χ0v) is 9.87. The van der Waals surface area contributed by atoms with Crippen LogP contribution in [0.5, 0.6) is 5.75 Å². The summed E-state index contributed by atoms with van der Waals surface area (Å²) in [5, 5.41) is 0. The molecule has 0 bridgehead atoms. The van der Waals surface area contributed by atoms with Gasteiger partial charge in [0, 0.05) is 11.4 Å². The number of halogens is 1. The van der Waals surface area contributed by atoms with E-state index in [4.69, 9.17) is 22.1 Å². The topological polar surface area (TPSA) is 52.3 Å². The Morgan fingerprint density at radius 3 is 2.44 bits per heavy atom. The molecular weight excluding hydrogens is 226 g/mol. The third-order valence-corrected chi connectivity index (χ3v) is 2.45. The van der Waals surface area contributed by atoms with Crippen molar-refractivity contribution in [3.8, 4) is 5.75 Å².